The summed E-state index contributed by atoms with van der Waals surface area (Å²) in [7, 11) is 0. The molecule has 0 radical (unpaired) electrons. The number of piperazine rings is 1. The van der Waals surface area contributed by atoms with E-state index < -0.39 is 35.3 Å². The van der Waals surface area contributed by atoms with Gasteiger partial charge in [-0.05, 0) is 62.6 Å². The fraction of sp³-hybridized carbons (Fsp3) is 0.476. The van der Waals surface area contributed by atoms with Crippen molar-refractivity contribution in [1.29, 1.82) is 0 Å². The first kappa shape index (κ1) is 37.3. The van der Waals surface area contributed by atoms with Crippen LogP contribution in [0.25, 0.3) is 22.3 Å². The van der Waals surface area contributed by atoms with Crippen LogP contribution >= 0.6 is 0 Å². The van der Waals surface area contributed by atoms with E-state index in [1.165, 1.54) is 0 Å². The molecule has 4 aromatic rings. The van der Waals surface area contributed by atoms with Crippen molar-refractivity contribution in [3.05, 3.63) is 59.9 Å². The summed E-state index contributed by atoms with van der Waals surface area (Å²) >= 11 is 0. The summed E-state index contributed by atoms with van der Waals surface area (Å²) in [6, 6.07) is 11.8. The van der Waals surface area contributed by atoms with E-state index in [-0.39, 0.29) is 54.2 Å². The third kappa shape index (κ3) is 6.94. The highest BCUT2D eigenvalue weighted by Gasteiger charge is 2.46. The Morgan fingerprint density at radius 3 is 2.39 bits per heavy atom. The molecule has 5 fully saturated rings. The number of imide groups is 2. The molecule has 306 valence electrons. The quantitative estimate of drug-likeness (QED) is 0.237. The van der Waals surface area contributed by atoms with E-state index in [4.69, 9.17) is 4.74 Å². The lowest BCUT2D eigenvalue weighted by molar-refractivity contribution is -0.139. The fourth-order valence-corrected chi connectivity index (χ4v) is 9.05. The molecule has 10 rings (SSSR count). The minimum atomic E-state index is -1.38. The predicted octanol–water partition coefficient (Wildman–Crippen LogP) is 2.94. The Bertz CT molecular complexity index is 2400. The number of anilines is 2. The topological polar surface area (TPSA) is 177 Å². The number of hydrogen-bond acceptors (Lipinski definition) is 12. The Hall–Kier alpha value is -5.97. The Morgan fingerprint density at radius 1 is 0.881 bits per heavy atom. The number of nitrogens with zero attached hydrogens (tertiary/aromatic N) is 8. The highest BCUT2D eigenvalue weighted by Crippen LogP contribution is 2.41. The van der Waals surface area contributed by atoms with Crippen LogP contribution in [0.2, 0.25) is 0 Å². The maximum Gasteiger partial charge on any atom is 0.262 e. The van der Waals surface area contributed by atoms with Crippen molar-refractivity contribution >= 4 is 51.9 Å². The molecule has 6 aliphatic rings. The summed E-state index contributed by atoms with van der Waals surface area (Å²) in [5, 5.41) is 10.8. The lowest BCUT2D eigenvalue weighted by atomic mass is 9.90. The first-order valence-corrected chi connectivity index (χ1v) is 20.5. The van der Waals surface area contributed by atoms with Crippen LogP contribution in [0.4, 0.5) is 15.9 Å². The zero-order chi connectivity index (χ0) is 40.6. The van der Waals surface area contributed by atoms with Gasteiger partial charge in [0.05, 0.1) is 33.9 Å². The second kappa shape index (κ2) is 14.1. The minimum Gasteiger partial charge on any atom is -0.488 e. The summed E-state index contributed by atoms with van der Waals surface area (Å²) < 4.78 is 22.5. The van der Waals surface area contributed by atoms with Gasteiger partial charge in [-0.1, -0.05) is 0 Å². The number of fused-ring (bicyclic) bond motifs is 2. The molecule has 1 saturated carbocycles. The summed E-state index contributed by atoms with van der Waals surface area (Å²) in [4.78, 5) is 82.1. The summed E-state index contributed by atoms with van der Waals surface area (Å²) in [6.45, 7) is 6.82. The van der Waals surface area contributed by atoms with Gasteiger partial charge in [0.15, 0.2) is 0 Å². The average Bonchev–Trinajstić information content (AvgIpc) is 3.69. The van der Waals surface area contributed by atoms with Gasteiger partial charge < -0.3 is 19.4 Å². The second-order valence-electron chi connectivity index (χ2n) is 17.1. The number of aromatic amines is 1. The monoisotopic (exact) mass is 804 g/mol. The molecule has 1 atom stereocenters. The number of H-pyrrole nitrogens is 1. The maximum atomic E-state index is 16.3. The fourth-order valence-electron chi connectivity index (χ4n) is 9.05. The standard InChI is InChI=1S/C42H45FN10O6/c1-41(8-9-41)59-27-3-5-31-30(19-27)36(48-47-31)32-20-34(45-24-44-32)50-16-14-49(15-17-50)23-42(43)10-12-51(13-11-42)38(56)25-21-52(22-25)26-2-4-28-29(18-26)40(58)53(39(28)57)33-6-7-35(54)46-37(33)55/h2-5,18-20,24-25,33H,6-17,21-23H2,1H3,(H,47,48)(H,46,54,55). The van der Waals surface area contributed by atoms with Gasteiger partial charge >= 0.3 is 0 Å². The number of amides is 5. The van der Waals surface area contributed by atoms with Crippen LogP contribution in [0, 0.1) is 5.92 Å². The lowest BCUT2D eigenvalue weighted by Gasteiger charge is -2.45. The SMILES string of the molecule is CC1(Oc2ccc3n[nH]c(-c4cc(N5CCN(CC6(F)CCN(C(=O)C7CN(c8ccc9c(c8)C(=O)N(C8CCC(=O)NC8=O)C9=O)C7)CC6)CC5)ncn4)c3c2)CC1. The number of ether oxygens (including phenoxy) is 1. The predicted molar refractivity (Wildman–Crippen MR) is 213 cm³/mol. The van der Waals surface area contributed by atoms with Crippen molar-refractivity contribution in [3.63, 3.8) is 0 Å². The van der Waals surface area contributed by atoms with E-state index in [2.05, 4.69) is 42.2 Å². The number of carbonyl (C=O) groups is 5. The maximum absolute atomic E-state index is 16.3. The van der Waals surface area contributed by atoms with E-state index >= 15 is 4.39 Å². The second-order valence-corrected chi connectivity index (χ2v) is 17.1. The van der Waals surface area contributed by atoms with Gasteiger partial charge in [-0.25, -0.2) is 14.4 Å². The number of alkyl halides is 1. The van der Waals surface area contributed by atoms with Crippen molar-refractivity contribution < 1.29 is 33.1 Å². The molecule has 17 heteroatoms. The molecule has 59 heavy (non-hydrogen) atoms. The minimum absolute atomic E-state index is 0.00194. The summed E-state index contributed by atoms with van der Waals surface area (Å²) in [5.41, 5.74) is 2.03. The number of likely N-dealkylation sites (tertiary alicyclic amines) is 1. The number of rotatable bonds is 9. The van der Waals surface area contributed by atoms with Gasteiger partial charge in [0, 0.05) is 95.3 Å². The van der Waals surface area contributed by atoms with Crippen LogP contribution in [-0.4, -0.2) is 141 Å². The molecule has 2 aromatic heterocycles. The van der Waals surface area contributed by atoms with Gasteiger partial charge in [0.25, 0.3) is 11.8 Å². The zero-order valence-corrected chi connectivity index (χ0v) is 32.8. The molecule has 5 amide bonds. The molecule has 0 bridgehead atoms. The number of halogens is 1. The van der Waals surface area contributed by atoms with E-state index in [9.17, 15) is 24.0 Å². The van der Waals surface area contributed by atoms with Crippen LogP contribution in [-0.2, 0) is 14.4 Å². The first-order chi connectivity index (χ1) is 28.4. The molecular weight excluding hydrogens is 760 g/mol. The third-order valence-electron chi connectivity index (χ3n) is 12.9. The molecule has 2 aromatic carbocycles. The van der Waals surface area contributed by atoms with Gasteiger partial charge in [-0.3, -0.25) is 44.2 Å². The first-order valence-electron chi connectivity index (χ1n) is 20.5. The van der Waals surface area contributed by atoms with E-state index in [1.807, 2.05) is 29.2 Å². The third-order valence-corrected chi connectivity index (χ3v) is 12.9. The Kier molecular flexibility index (Phi) is 8.92. The molecule has 2 N–H and O–H groups in total. The van der Waals surface area contributed by atoms with Crippen molar-refractivity contribution in [2.75, 3.05) is 68.7 Å². The molecule has 16 nitrogen and oxygen atoms in total. The summed E-state index contributed by atoms with van der Waals surface area (Å²) in [5.74, 6) is -0.830. The number of benzene rings is 2. The molecule has 1 aliphatic carbocycles. The molecule has 1 unspecified atom stereocenters. The molecular formula is C42H45FN10O6. The number of carbonyl (C=O) groups excluding carboxylic acids is 5. The van der Waals surface area contributed by atoms with Gasteiger partial charge in [0.2, 0.25) is 17.7 Å². The summed E-state index contributed by atoms with van der Waals surface area (Å²) in [6.07, 6.45) is 4.37. The highest BCUT2D eigenvalue weighted by molar-refractivity contribution is 6.23. The molecule has 5 aliphatic heterocycles. The van der Waals surface area contributed by atoms with Crippen LogP contribution in [0.3, 0.4) is 0 Å². The highest BCUT2D eigenvalue weighted by atomic mass is 19.1. The van der Waals surface area contributed by atoms with E-state index in [0.717, 1.165) is 51.6 Å². The largest absolute Gasteiger partial charge is 0.488 e. The van der Waals surface area contributed by atoms with Crippen molar-refractivity contribution in [1.82, 2.24) is 40.2 Å². The van der Waals surface area contributed by atoms with Crippen molar-refractivity contribution in [3.8, 4) is 17.1 Å². The normalized spacial score (nSPS) is 23.1. The lowest BCUT2D eigenvalue weighted by Crippen LogP contribution is -2.58. The number of nitrogens with one attached hydrogen (secondary N) is 2. The van der Waals surface area contributed by atoms with Gasteiger partial charge in [0.1, 0.15) is 35.2 Å². The van der Waals surface area contributed by atoms with E-state index in [0.29, 0.717) is 64.6 Å². The Balaban J connectivity index is 0.697. The van der Waals surface area contributed by atoms with Crippen molar-refractivity contribution in [2.45, 2.75) is 62.8 Å². The van der Waals surface area contributed by atoms with Crippen molar-refractivity contribution in [2.24, 2.45) is 5.92 Å². The number of aromatic nitrogens is 4. The van der Waals surface area contributed by atoms with Gasteiger partial charge in [-0.2, -0.15) is 5.10 Å². The van der Waals surface area contributed by atoms with Crippen LogP contribution in [0.1, 0.15) is 66.2 Å². The smallest absolute Gasteiger partial charge is 0.262 e. The Morgan fingerprint density at radius 2 is 1.64 bits per heavy atom. The van der Waals surface area contributed by atoms with E-state index in [1.54, 1.807) is 29.4 Å². The van der Waals surface area contributed by atoms with Crippen LogP contribution in [0.15, 0.2) is 48.8 Å². The molecule has 4 saturated heterocycles. The average molecular weight is 805 g/mol. The number of piperidine rings is 2. The number of hydrogen-bond donors (Lipinski definition) is 2. The van der Waals surface area contributed by atoms with Crippen LogP contribution < -0.4 is 19.9 Å². The van der Waals surface area contributed by atoms with Gasteiger partial charge in [-0.15, -0.1) is 0 Å². The Labute approximate surface area is 339 Å². The molecule has 7 heterocycles. The molecule has 0 spiro atoms. The zero-order valence-electron chi connectivity index (χ0n) is 32.8. The van der Waals surface area contributed by atoms with Crippen LogP contribution in [0.5, 0.6) is 5.75 Å².